The summed E-state index contributed by atoms with van der Waals surface area (Å²) < 4.78 is 0.818. The number of thioether (sulfide) groups is 1. The lowest BCUT2D eigenvalue weighted by Gasteiger charge is -2.10. The molecule has 3 nitrogen and oxygen atoms in total. The van der Waals surface area contributed by atoms with Gasteiger partial charge in [0.1, 0.15) is 0 Å². The summed E-state index contributed by atoms with van der Waals surface area (Å²) in [4.78, 5) is 13.3. The Morgan fingerprint density at radius 3 is 2.50 bits per heavy atom. The van der Waals surface area contributed by atoms with Crippen LogP contribution < -0.4 is 11.1 Å². The molecular weight excluding hydrogens is 336 g/mol. The number of halogens is 1. The van der Waals surface area contributed by atoms with Gasteiger partial charge in [-0.15, -0.1) is 11.8 Å². The van der Waals surface area contributed by atoms with Crippen LogP contribution in [0.25, 0.3) is 0 Å². The fraction of sp³-hybridized carbons (Fsp3) is 0.133. The number of nitrogens with one attached hydrogen (secondary N) is 1. The molecule has 2 aromatic rings. The zero-order valence-electron chi connectivity index (χ0n) is 11.2. The van der Waals surface area contributed by atoms with E-state index in [1.165, 1.54) is 0 Å². The van der Waals surface area contributed by atoms with Gasteiger partial charge in [0, 0.05) is 20.6 Å². The van der Waals surface area contributed by atoms with Crippen molar-refractivity contribution in [1.82, 2.24) is 0 Å². The minimum absolute atomic E-state index is 0.151. The maximum Gasteiger partial charge on any atom is 0.255 e. The van der Waals surface area contributed by atoms with Crippen molar-refractivity contribution in [3.63, 3.8) is 0 Å². The van der Waals surface area contributed by atoms with Crippen LogP contribution in [0.5, 0.6) is 0 Å². The van der Waals surface area contributed by atoms with Gasteiger partial charge in [-0.25, -0.2) is 0 Å². The van der Waals surface area contributed by atoms with E-state index in [0.29, 0.717) is 16.9 Å². The van der Waals surface area contributed by atoms with Crippen LogP contribution in [0.15, 0.2) is 45.8 Å². The summed E-state index contributed by atoms with van der Waals surface area (Å²) in [6.07, 6.45) is 2.00. The van der Waals surface area contributed by atoms with Crippen LogP contribution in [0.3, 0.4) is 0 Å². The number of nitrogens with two attached hydrogens (primary N) is 1. The fourth-order valence-electron chi connectivity index (χ4n) is 1.72. The standard InChI is InChI=1S/C15H15BrN2OS/c1-9-7-12(16)14(8-13(9)17)18-15(19)10-3-5-11(20-2)6-4-10/h3-8H,17H2,1-2H3,(H,18,19). The van der Waals surface area contributed by atoms with Crippen molar-refractivity contribution in [2.45, 2.75) is 11.8 Å². The number of hydrogen-bond donors (Lipinski definition) is 2. The molecule has 0 atom stereocenters. The van der Waals surface area contributed by atoms with Crippen LogP contribution in [0.4, 0.5) is 11.4 Å². The summed E-state index contributed by atoms with van der Waals surface area (Å²) in [5, 5.41) is 2.86. The predicted octanol–water partition coefficient (Wildman–Crippen LogP) is 4.31. The van der Waals surface area contributed by atoms with E-state index in [2.05, 4.69) is 21.2 Å². The third-order valence-corrected chi connectivity index (χ3v) is 4.36. The van der Waals surface area contributed by atoms with Gasteiger partial charge in [-0.2, -0.15) is 0 Å². The summed E-state index contributed by atoms with van der Waals surface area (Å²) in [5.74, 6) is -0.151. The van der Waals surface area contributed by atoms with E-state index in [1.807, 2.05) is 43.5 Å². The van der Waals surface area contributed by atoms with Crippen molar-refractivity contribution in [2.24, 2.45) is 0 Å². The first-order chi connectivity index (χ1) is 9.51. The fourth-order valence-corrected chi connectivity index (χ4v) is 2.69. The number of carbonyl (C=O) groups excluding carboxylic acids is 1. The molecule has 0 aliphatic heterocycles. The summed E-state index contributed by atoms with van der Waals surface area (Å²) >= 11 is 5.07. The zero-order valence-corrected chi connectivity index (χ0v) is 13.6. The summed E-state index contributed by atoms with van der Waals surface area (Å²) in [5.41, 5.74) is 8.78. The molecule has 0 bridgehead atoms. The van der Waals surface area contributed by atoms with E-state index in [4.69, 9.17) is 5.73 Å². The van der Waals surface area contributed by atoms with Crippen LogP contribution in [0.2, 0.25) is 0 Å². The first-order valence-electron chi connectivity index (χ1n) is 6.02. The molecule has 0 aromatic heterocycles. The van der Waals surface area contributed by atoms with Gasteiger partial charge in [-0.3, -0.25) is 4.79 Å². The highest BCUT2D eigenvalue weighted by atomic mass is 79.9. The molecule has 0 unspecified atom stereocenters. The topological polar surface area (TPSA) is 55.1 Å². The van der Waals surface area contributed by atoms with E-state index < -0.39 is 0 Å². The van der Waals surface area contributed by atoms with Crippen molar-refractivity contribution in [3.8, 4) is 0 Å². The number of rotatable bonds is 3. The molecule has 0 heterocycles. The first-order valence-corrected chi connectivity index (χ1v) is 8.04. The van der Waals surface area contributed by atoms with Gasteiger partial charge < -0.3 is 11.1 Å². The van der Waals surface area contributed by atoms with E-state index in [1.54, 1.807) is 17.8 Å². The van der Waals surface area contributed by atoms with Gasteiger partial charge in [-0.05, 0) is 71.1 Å². The minimum Gasteiger partial charge on any atom is -0.398 e. The molecule has 2 rings (SSSR count). The van der Waals surface area contributed by atoms with Gasteiger partial charge in [0.15, 0.2) is 0 Å². The van der Waals surface area contributed by atoms with Gasteiger partial charge in [0.2, 0.25) is 0 Å². The second-order valence-electron chi connectivity index (χ2n) is 4.37. The molecular formula is C15H15BrN2OS. The number of carbonyl (C=O) groups is 1. The number of amides is 1. The molecule has 0 aliphatic rings. The molecule has 5 heteroatoms. The average molecular weight is 351 g/mol. The van der Waals surface area contributed by atoms with Crippen LogP contribution in [0, 0.1) is 6.92 Å². The largest absolute Gasteiger partial charge is 0.398 e. The molecule has 0 aliphatic carbocycles. The zero-order chi connectivity index (χ0) is 14.7. The van der Waals surface area contributed by atoms with Crippen molar-refractivity contribution in [1.29, 1.82) is 0 Å². The minimum atomic E-state index is -0.151. The first kappa shape index (κ1) is 14.9. The molecule has 1 amide bonds. The maximum absolute atomic E-state index is 12.2. The Labute approximate surface area is 131 Å². The second kappa shape index (κ2) is 6.33. The van der Waals surface area contributed by atoms with Crippen LogP contribution in [-0.4, -0.2) is 12.2 Å². The van der Waals surface area contributed by atoms with E-state index in [9.17, 15) is 4.79 Å². The van der Waals surface area contributed by atoms with E-state index in [-0.39, 0.29) is 5.91 Å². The van der Waals surface area contributed by atoms with Gasteiger partial charge in [0.05, 0.1) is 5.69 Å². The Balaban J connectivity index is 2.20. The Kier molecular flexibility index (Phi) is 4.73. The number of hydrogen-bond acceptors (Lipinski definition) is 3. The molecule has 0 spiro atoms. The number of nitrogen functional groups attached to an aromatic ring is 1. The SMILES string of the molecule is CSc1ccc(C(=O)Nc2cc(N)c(C)cc2Br)cc1. The van der Waals surface area contributed by atoms with Gasteiger partial charge >= 0.3 is 0 Å². The predicted molar refractivity (Wildman–Crippen MR) is 89.5 cm³/mol. The highest BCUT2D eigenvalue weighted by molar-refractivity contribution is 9.10. The molecule has 2 aromatic carbocycles. The molecule has 0 saturated carbocycles. The van der Waals surface area contributed by atoms with Crippen LogP contribution in [-0.2, 0) is 0 Å². The van der Waals surface area contributed by atoms with Gasteiger partial charge in [0.25, 0.3) is 5.91 Å². The molecule has 0 saturated heterocycles. The Hall–Kier alpha value is -1.46. The third-order valence-electron chi connectivity index (χ3n) is 2.96. The molecule has 3 N–H and O–H groups in total. The number of anilines is 2. The number of aryl methyl sites for hydroxylation is 1. The van der Waals surface area contributed by atoms with Crippen LogP contribution in [0.1, 0.15) is 15.9 Å². The van der Waals surface area contributed by atoms with Crippen molar-refractivity contribution in [2.75, 3.05) is 17.3 Å². The molecule has 104 valence electrons. The Bertz CT molecular complexity index is 641. The van der Waals surface area contributed by atoms with E-state index in [0.717, 1.165) is 14.9 Å². The quantitative estimate of drug-likeness (QED) is 0.640. The monoisotopic (exact) mass is 350 g/mol. The lowest BCUT2D eigenvalue weighted by Crippen LogP contribution is -2.12. The van der Waals surface area contributed by atoms with Crippen molar-refractivity contribution < 1.29 is 4.79 Å². The highest BCUT2D eigenvalue weighted by Crippen LogP contribution is 2.28. The number of benzene rings is 2. The Morgan fingerprint density at radius 1 is 1.25 bits per heavy atom. The second-order valence-corrected chi connectivity index (χ2v) is 6.11. The summed E-state index contributed by atoms with van der Waals surface area (Å²) in [6.45, 7) is 1.92. The summed E-state index contributed by atoms with van der Waals surface area (Å²) in [6, 6.07) is 11.1. The molecule has 0 fully saturated rings. The average Bonchev–Trinajstić information content (AvgIpc) is 2.44. The van der Waals surface area contributed by atoms with E-state index >= 15 is 0 Å². The summed E-state index contributed by atoms with van der Waals surface area (Å²) in [7, 11) is 0. The molecule has 0 radical (unpaired) electrons. The lowest BCUT2D eigenvalue weighted by molar-refractivity contribution is 0.102. The third kappa shape index (κ3) is 3.35. The molecule has 20 heavy (non-hydrogen) atoms. The smallest absolute Gasteiger partial charge is 0.255 e. The maximum atomic E-state index is 12.2. The van der Waals surface area contributed by atoms with Crippen molar-refractivity contribution >= 4 is 45.0 Å². The highest BCUT2D eigenvalue weighted by Gasteiger charge is 2.09. The Morgan fingerprint density at radius 2 is 1.90 bits per heavy atom. The lowest BCUT2D eigenvalue weighted by atomic mass is 10.1. The normalized spacial score (nSPS) is 10.3. The van der Waals surface area contributed by atoms with Crippen LogP contribution >= 0.6 is 27.7 Å². The van der Waals surface area contributed by atoms with Crippen molar-refractivity contribution in [3.05, 3.63) is 52.0 Å². The van der Waals surface area contributed by atoms with Gasteiger partial charge in [-0.1, -0.05) is 0 Å².